The molecule has 2 aromatic rings. The van der Waals surface area contributed by atoms with E-state index >= 15 is 0 Å². The number of aromatic amines is 1. The molecule has 1 unspecified atom stereocenters. The first-order chi connectivity index (χ1) is 10.7. The van der Waals surface area contributed by atoms with Crippen molar-refractivity contribution in [1.29, 1.82) is 0 Å². The van der Waals surface area contributed by atoms with Crippen molar-refractivity contribution >= 4 is 22.5 Å². The van der Waals surface area contributed by atoms with Gasteiger partial charge in [0.05, 0.1) is 25.8 Å². The average Bonchev–Trinajstić information content (AvgIpc) is 3.01. The number of para-hydroxylation sites is 1. The molecule has 0 saturated carbocycles. The Morgan fingerprint density at radius 1 is 1.27 bits per heavy atom. The summed E-state index contributed by atoms with van der Waals surface area (Å²) in [6.07, 6.45) is 5.70. The molecule has 1 aromatic carbocycles. The fourth-order valence-corrected chi connectivity index (χ4v) is 5.75. The first-order valence-corrected chi connectivity index (χ1v) is 8.82. The largest absolute Gasteiger partial charge is 0.353 e. The molecule has 22 heavy (non-hydrogen) atoms. The highest BCUT2D eigenvalue weighted by atomic mass is 35.5. The Balaban J connectivity index is 1.69. The molecule has 4 atom stereocenters. The smallest absolute Gasteiger partial charge is 0.133 e. The molecule has 3 heteroatoms. The van der Waals surface area contributed by atoms with E-state index in [1.807, 2.05) is 0 Å². The van der Waals surface area contributed by atoms with Crippen LogP contribution in [0.4, 0.5) is 0 Å². The van der Waals surface area contributed by atoms with Gasteiger partial charge in [-0.25, -0.2) is 0 Å². The predicted octanol–water partition coefficient (Wildman–Crippen LogP) is 4.37. The van der Waals surface area contributed by atoms with E-state index in [4.69, 9.17) is 11.6 Å². The number of quaternary nitrogens is 1. The summed E-state index contributed by atoms with van der Waals surface area (Å²) in [5, 5.41) is 2.52. The zero-order valence-electron chi connectivity index (χ0n) is 13.0. The summed E-state index contributed by atoms with van der Waals surface area (Å²) in [6, 6.07) is 9.40. The Morgan fingerprint density at radius 3 is 3.05 bits per heavy atom. The van der Waals surface area contributed by atoms with Crippen molar-refractivity contribution in [2.24, 2.45) is 11.8 Å². The zero-order valence-corrected chi connectivity index (χ0v) is 13.7. The van der Waals surface area contributed by atoms with E-state index in [1.54, 1.807) is 5.56 Å². The number of benzene rings is 1. The Labute approximate surface area is 136 Å². The molecule has 0 amide bonds. The van der Waals surface area contributed by atoms with Crippen molar-refractivity contribution in [2.75, 3.05) is 20.1 Å². The number of H-pyrrole nitrogens is 1. The van der Waals surface area contributed by atoms with Crippen LogP contribution >= 0.6 is 11.6 Å². The molecule has 114 valence electrons. The number of allylic oxidation sites excluding steroid dienone is 2. The number of nitrogens with one attached hydrogen (secondary N) is 1. The van der Waals surface area contributed by atoms with E-state index in [9.17, 15) is 0 Å². The second kappa shape index (κ2) is 4.39. The van der Waals surface area contributed by atoms with Gasteiger partial charge in [-0.3, -0.25) is 0 Å². The van der Waals surface area contributed by atoms with Crippen molar-refractivity contribution in [2.45, 2.75) is 25.3 Å². The minimum Gasteiger partial charge on any atom is -0.353 e. The molecular formula is C19H22ClN2+. The lowest BCUT2D eigenvalue weighted by atomic mass is 9.79. The highest BCUT2D eigenvalue weighted by molar-refractivity contribution is 6.29. The van der Waals surface area contributed by atoms with Crippen molar-refractivity contribution in [3.63, 3.8) is 0 Å². The second-order valence-corrected chi connectivity index (χ2v) is 8.14. The lowest BCUT2D eigenvalue weighted by Crippen LogP contribution is -2.48. The summed E-state index contributed by atoms with van der Waals surface area (Å²) in [5.74, 6) is 1.50. The fraction of sp³-hybridized carbons (Fsp3) is 0.474. The summed E-state index contributed by atoms with van der Waals surface area (Å²) < 4.78 is 1.20. The van der Waals surface area contributed by atoms with Crippen LogP contribution in [0.1, 0.15) is 30.1 Å². The third-order valence-electron chi connectivity index (χ3n) is 6.42. The number of nitrogens with zero attached hydrogens (tertiary/aromatic N) is 1. The number of hydrogen-bond acceptors (Lipinski definition) is 0. The van der Waals surface area contributed by atoms with Gasteiger partial charge in [0.25, 0.3) is 0 Å². The summed E-state index contributed by atoms with van der Waals surface area (Å²) in [4.78, 5) is 3.78. The molecule has 1 fully saturated rings. The maximum atomic E-state index is 6.41. The molecular weight excluding hydrogens is 292 g/mol. The number of hydrogen-bond donors (Lipinski definition) is 1. The molecule has 1 aliphatic carbocycles. The molecule has 1 saturated heterocycles. The Kier molecular flexibility index (Phi) is 2.64. The van der Waals surface area contributed by atoms with E-state index in [1.165, 1.54) is 47.0 Å². The normalized spacial score (nSPS) is 36.6. The van der Waals surface area contributed by atoms with Gasteiger partial charge in [-0.2, -0.15) is 0 Å². The molecule has 3 aliphatic rings. The van der Waals surface area contributed by atoms with Crippen molar-refractivity contribution in [3.05, 3.63) is 46.6 Å². The third kappa shape index (κ3) is 1.65. The highest BCUT2D eigenvalue weighted by Crippen LogP contribution is 2.54. The second-order valence-electron chi connectivity index (χ2n) is 7.66. The van der Waals surface area contributed by atoms with Crippen LogP contribution in [0.15, 0.2) is 35.4 Å². The fourth-order valence-electron chi connectivity index (χ4n) is 5.49. The minimum absolute atomic E-state index is 0.601. The number of aromatic nitrogens is 1. The van der Waals surface area contributed by atoms with Gasteiger partial charge in [0.1, 0.15) is 6.04 Å². The number of halogens is 1. The lowest BCUT2D eigenvalue weighted by Gasteiger charge is -2.41. The Bertz CT molecular complexity index is 790. The topological polar surface area (TPSA) is 15.8 Å². The van der Waals surface area contributed by atoms with Crippen LogP contribution in [0.3, 0.4) is 0 Å². The predicted molar refractivity (Wildman–Crippen MR) is 90.8 cm³/mol. The molecule has 3 heterocycles. The van der Waals surface area contributed by atoms with Gasteiger partial charge >= 0.3 is 0 Å². The molecule has 5 rings (SSSR count). The summed E-state index contributed by atoms with van der Waals surface area (Å²) >= 11 is 6.41. The lowest BCUT2D eigenvalue weighted by molar-refractivity contribution is -0.932. The standard InChI is InChI=1S/C19H22ClN2/c1-22-9-8-15-14-4-2-3-5-17(14)21-18(15)19(22)16-10-13(20)7-6-12(16)11-22/h2-5,7,12,16,19,21H,6,8-11H2,1H3/q+1/t12-,16+,19+,22?/m0/s1. The Hall–Kier alpha value is -1.25. The van der Waals surface area contributed by atoms with Gasteiger partial charge in [0.15, 0.2) is 0 Å². The monoisotopic (exact) mass is 313 g/mol. The first-order valence-electron chi connectivity index (χ1n) is 8.44. The van der Waals surface area contributed by atoms with Gasteiger partial charge in [-0.15, -0.1) is 0 Å². The third-order valence-corrected chi connectivity index (χ3v) is 6.73. The van der Waals surface area contributed by atoms with Gasteiger partial charge in [-0.1, -0.05) is 35.9 Å². The van der Waals surface area contributed by atoms with Crippen LogP contribution in [0.5, 0.6) is 0 Å². The highest BCUT2D eigenvalue weighted by Gasteiger charge is 2.55. The maximum absolute atomic E-state index is 6.41. The zero-order chi connectivity index (χ0) is 14.9. The van der Waals surface area contributed by atoms with Crippen molar-refractivity contribution in [3.8, 4) is 0 Å². The molecule has 2 aliphatic heterocycles. The molecule has 1 N–H and O–H groups in total. The van der Waals surface area contributed by atoms with Gasteiger partial charge < -0.3 is 9.47 Å². The number of likely N-dealkylation sites (N-methyl/N-ethyl adjacent to an activating group) is 1. The van der Waals surface area contributed by atoms with Gasteiger partial charge in [-0.05, 0) is 24.5 Å². The van der Waals surface area contributed by atoms with E-state index in [0.29, 0.717) is 12.0 Å². The quantitative estimate of drug-likeness (QED) is 0.695. The maximum Gasteiger partial charge on any atom is 0.133 e. The van der Waals surface area contributed by atoms with E-state index in [-0.39, 0.29) is 0 Å². The van der Waals surface area contributed by atoms with E-state index in [0.717, 1.165) is 17.4 Å². The number of fused-ring (bicyclic) bond motifs is 7. The Morgan fingerprint density at radius 2 is 2.14 bits per heavy atom. The molecule has 0 bridgehead atoms. The minimum atomic E-state index is 0.601. The van der Waals surface area contributed by atoms with Crippen LogP contribution in [0.2, 0.25) is 0 Å². The molecule has 2 nitrogen and oxygen atoms in total. The van der Waals surface area contributed by atoms with E-state index < -0.39 is 0 Å². The van der Waals surface area contributed by atoms with Crippen LogP contribution in [0, 0.1) is 11.8 Å². The number of rotatable bonds is 0. The summed E-state index contributed by atoms with van der Waals surface area (Å²) in [6.45, 7) is 2.58. The van der Waals surface area contributed by atoms with Crippen LogP contribution < -0.4 is 0 Å². The van der Waals surface area contributed by atoms with Crippen molar-refractivity contribution < 1.29 is 4.48 Å². The van der Waals surface area contributed by atoms with Gasteiger partial charge in [0.2, 0.25) is 0 Å². The van der Waals surface area contributed by atoms with Gasteiger partial charge in [0, 0.05) is 34.2 Å². The van der Waals surface area contributed by atoms with Crippen molar-refractivity contribution in [1.82, 2.24) is 4.98 Å². The van der Waals surface area contributed by atoms with E-state index in [2.05, 4.69) is 42.4 Å². The average molecular weight is 314 g/mol. The molecule has 0 spiro atoms. The SMILES string of the molecule is C[N+]12CCc3c([nH]c4ccccc34)[C@H]1[C@@H]1CC(Cl)=CC[C@H]1C2. The summed E-state index contributed by atoms with van der Waals surface area (Å²) in [7, 11) is 2.46. The molecule has 1 aromatic heterocycles. The summed E-state index contributed by atoms with van der Waals surface area (Å²) in [5.41, 5.74) is 4.39. The first kappa shape index (κ1) is 13.2. The molecule has 0 radical (unpaired) electrons. The van der Waals surface area contributed by atoms with Crippen LogP contribution in [-0.4, -0.2) is 29.6 Å². The van der Waals surface area contributed by atoms with Crippen LogP contribution in [-0.2, 0) is 6.42 Å². The van der Waals surface area contributed by atoms with Crippen LogP contribution in [0.25, 0.3) is 10.9 Å².